The van der Waals surface area contributed by atoms with E-state index in [0.29, 0.717) is 0 Å². The topological polar surface area (TPSA) is 20.2 Å². The van der Waals surface area contributed by atoms with Crippen LogP contribution in [0.2, 0.25) is 0 Å². The summed E-state index contributed by atoms with van der Waals surface area (Å²) in [7, 11) is 0. The van der Waals surface area contributed by atoms with E-state index in [0.717, 1.165) is 19.1 Å². The molecule has 0 saturated carbocycles. The third kappa shape index (κ3) is 7.28. The summed E-state index contributed by atoms with van der Waals surface area (Å²) in [6, 6.07) is 0. The molecule has 58 valence electrons. The van der Waals surface area contributed by atoms with Crippen LogP contribution in [0.25, 0.3) is 0 Å². The molecule has 0 aromatic heterocycles. The lowest BCUT2D eigenvalue weighted by Gasteiger charge is -1.86. The molecule has 0 spiro atoms. The highest BCUT2D eigenvalue weighted by molar-refractivity contribution is 4.89. The van der Waals surface area contributed by atoms with Gasteiger partial charge < -0.3 is 5.11 Å². The van der Waals surface area contributed by atoms with Gasteiger partial charge in [-0.05, 0) is 18.9 Å². The molecule has 0 unspecified atom stereocenters. The monoisotopic (exact) mass is 140 g/mol. The van der Waals surface area contributed by atoms with Gasteiger partial charge in [0.05, 0.1) is 6.26 Å². The van der Waals surface area contributed by atoms with E-state index in [2.05, 4.69) is 19.1 Å². The normalized spacial score (nSPS) is 11.7. The van der Waals surface area contributed by atoms with E-state index in [1.54, 1.807) is 6.08 Å². The summed E-state index contributed by atoms with van der Waals surface area (Å²) < 4.78 is 0. The van der Waals surface area contributed by atoms with Crippen molar-refractivity contribution in [1.29, 1.82) is 0 Å². The van der Waals surface area contributed by atoms with E-state index in [1.807, 2.05) is 0 Å². The van der Waals surface area contributed by atoms with Crippen LogP contribution < -0.4 is 0 Å². The SMILES string of the molecule is CCCC/C=C/C/C=C/O. The first kappa shape index (κ1) is 9.28. The molecule has 0 aliphatic rings. The highest BCUT2D eigenvalue weighted by Crippen LogP contribution is 1.95. The number of aliphatic hydroxyl groups excluding tert-OH is 1. The number of rotatable bonds is 5. The summed E-state index contributed by atoms with van der Waals surface area (Å²) >= 11 is 0. The van der Waals surface area contributed by atoms with Gasteiger partial charge >= 0.3 is 0 Å². The molecule has 1 nitrogen and oxygen atoms in total. The predicted octanol–water partition coefficient (Wildman–Crippen LogP) is 3.19. The molecule has 10 heavy (non-hydrogen) atoms. The Labute approximate surface area is 63.1 Å². The lowest BCUT2D eigenvalue weighted by Crippen LogP contribution is -1.66. The highest BCUT2D eigenvalue weighted by Gasteiger charge is 1.76. The minimum absolute atomic E-state index is 0.847. The standard InChI is InChI=1S/C9H16O/c1-2-3-4-5-6-7-8-9-10/h5-6,8-10H,2-4,7H2,1H3/b6-5+,9-8+. The third-order valence-corrected chi connectivity index (χ3v) is 1.27. The zero-order chi connectivity index (χ0) is 7.66. The number of aliphatic hydroxyl groups is 1. The second kappa shape index (κ2) is 8.28. The van der Waals surface area contributed by atoms with E-state index in [1.165, 1.54) is 12.8 Å². The van der Waals surface area contributed by atoms with Crippen molar-refractivity contribution in [3.63, 3.8) is 0 Å². The Balaban J connectivity index is 3.04. The lowest BCUT2D eigenvalue weighted by molar-refractivity contribution is 0.471. The molecular weight excluding hydrogens is 124 g/mol. The van der Waals surface area contributed by atoms with Gasteiger partial charge in [-0.2, -0.15) is 0 Å². The maximum atomic E-state index is 8.25. The quantitative estimate of drug-likeness (QED) is 0.353. The predicted molar refractivity (Wildman–Crippen MR) is 45.1 cm³/mol. The van der Waals surface area contributed by atoms with E-state index >= 15 is 0 Å². The highest BCUT2D eigenvalue weighted by atomic mass is 16.2. The van der Waals surface area contributed by atoms with E-state index in [4.69, 9.17) is 5.11 Å². The molecule has 1 heteroatoms. The van der Waals surface area contributed by atoms with Gasteiger partial charge in [0.25, 0.3) is 0 Å². The Hall–Kier alpha value is -0.720. The molecule has 0 aromatic rings. The minimum atomic E-state index is 0.847. The van der Waals surface area contributed by atoms with Crippen LogP contribution in [0.4, 0.5) is 0 Å². The van der Waals surface area contributed by atoms with Crippen LogP contribution >= 0.6 is 0 Å². The van der Waals surface area contributed by atoms with Crippen molar-refractivity contribution in [3.8, 4) is 0 Å². The van der Waals surface area contributed by atoms with E-state index in [9.17, 15) is 0 Å². The number of allylic oxidation sites excluding steroid dienone is 3. The fraction of sp³-hybridized carbons (Fsp3) is 0.556. The van der Waals surface area contributed by atoms with Gasteiger partial charge in [0.15, 0.2) is 0 Å². The van der Waals surface area contributed by atoms with Crippen molar-refractivity contribution in [2.75, 3.05) is 0 Å². The molecule has 0 rings (SSSR count). The lowest BCUT2D eigenvalue weighted by atomic mass is 10.2. The van der Waals surface area contributed by atoms with Crippen molar-refractivity contribution in [2.45, 2.75) is 32.6 Å². The van der Waals surface area contributed by atoms with Gasteiger partial charge in [0.1, 0.15) is 0 Å². The van der Waals surface area contributed by atoms with Crippen LogP contribution in [-0.4, -0.2) is 5.11 Å². The van der Waals surface area contributed by atoms with E-state index < -0.39 is 0 Å². The van der Waals surface area contributed by atoms with Gasteiger partial charge in [0.2, 0.25) is 0 Å². The van der Waals surface area contributed by atoms with Crippen LogP contribution in [0.5, 0.6) is 0 Å². The second-order valence-corrected chi connectivity index (χ2v) is 2.23. The molecule has 0 aliphatic heterocycles. The minimum Gasteiger partial charge on any atom is -0.516 e. The molecule has 0 heterocycles. The maximum Gasteiger partial charge on any atom is 0.0754 e. The van der Waals surface area contributed by atoms with E-state index in [-0.39, 0.29) is 0 Å². The number of unbranched alkanes of at least 4 members (excludes halogenated alkanes) is 2. The van der Waals surface area contributed by atoms with Gasteiger partial charge in [-0.3, -0.25) is 0 Å². The summed E-state index contributed by atoms with van der Waals surface area (Å²) in [6.07, 6.45) is 11.6. The Bertz CT molecular complexity index is 103. The summed E-state index contributed by atoms with van der Waals surface area (Å²) in [5.41, 5.74) is 0. The molecule has 0 saturated heterocycles. The first-order valence-corrected chi connectivity index (χ1v) is 3.86. The zero-order valence-corrected chi connectivity index (χ0v) is 6.59. The molecule has 0 atom stereocenters. The van der Waals surface area contributed by atoms with Crippen molar-refractivity contribution in [1.82, 2.24) is 0 Å². The van der Waals surface area contributed by atoms with Gasteiger partial charge in [-0.1, -0.05) is 31.9 Å². The summed E-state index contributed by atoms with van der Waals surface area (Å²) in [6.45, 7) is 2.18. The van der Waals surface area contributed by atoms with Crippen LogP contribution in [0.3, 0.4) is 0 Å². The van der Waals surface area contributed by atoms with Crippen LogP contribution in [0.15, 0.2) is 24.5 Å². The molecule has 0 bridgehead atoms. The van der Waals surface area contributed by atoms with Crippen molar-refractivity contribution >= 4 is 0 Å². The maximum absolute atomic E-state index is 8.25. The average Bonchev–Trinajstić information content (AvgIpc) is 1.97. The summed E-state index contributed by atoms with van der Waals surface area (Å²) in [5, 5.41) is 8.25. The first-order valence-electron chi connectivity index (χ1n) is 3.86. The van der Waals surface area contributed by atoms with Crippen LogP contribution in [-0.2, 0) is 0 Å². The molecule has 0 fully saturated rings. The Morgan fingerprint density at radius 1 is 1.20 bits per heavy atom. The largest absolute Gasteiger partial charge is 0.516 e. The summed E-state index contributed by atoms with van der Waals surface area (Å²) in [4.78, 5) is 0. The second-order valence-electron chi connectivity index (χ2n) is 2.23. The zero-order valence-electron chi connectivity index (χ0n) is 6.59. The molecule has 0 amide bonds. The van der Waals surface area contributed by atoms with Gasteiger partial charge in [-0.25, -0.2) is 0 Å². The molecule has 1 N–H and O–H groups in total. The van der Waals surface area contributed by atoms with Crippen molar-refractivity contribution < 1.29 is 5.11 Å². The van der Waals surface area contributed by atoms with Crippen molar-refractivity contribution in [3.05, 3.63) is 24.5 Å². The fourth-order valence-corrected chi connectivity index (χ4v) is 0.675. The van der Waals surface area contributed by atoms with Gasteiger partial charge in [0, 0.05) is 0 Å². The Morgan fingerprint density at radius 3 is 2.60 bits per heavy atom. The third-order valence-electron chi connectivity index (χ3n) is 1.27. The molecule has 0 aromatic carbocycles. The number of hydrogen-bond donors (Lipinski definition) is 1. The molecule has 0 aliphatic carbocycles. The van der Waals surface area contributed by atoms with Crippen LogP contribution in [0.1, 0.15) is 32.6 Å². The van der Waals surface area contributed by atoms with Gasteiger partial charge in [-0.15, -0.1) is 0 Å². The Morgan fingerprint density at radius 2 is 2.00 bits per heavy atom. The van der Waals surface area contributed by atoms with Crippen molar-refractivity contribution in [2.24, 2.45) is 0 Å². The Kier molecular flexibility index (Phi) is 7.68. The average molecular weight is 140 g/mol. The molecule has 0 radical (unpaired) electrons. The number of hydrogen-bond acceptors (Lipinski definition) is 1. The summed E-state index contributed by atoms with van der Waals surface area (Å²) in [5.74, 6) is 0. The van der Waals surface area contributed by atoms with Crippen LogP contribution in [0, 0.1) is 0 Å². The smallest absolute Gasteiger partial charge is 0.0754 e. The molecular formula is C9H16O. The fourth-order valence-electron chi connectivity index (χ4n) is 0.675. The first-order chi connectivity index (χ1) is 4.91.